The SMILES string of the molecule is CCCSc1nnc(NC(=O)[C@@H](C)N(c2ccc(OCC)cc2)S(C)(=O)=O)s1. The number of hydrogen-bond donors (Lipinski definition) is 1. The Morgan fingerprint density at radius 1 is 1.29 bits per heavy atom. The average molecular weight is 445 g/mol. The molecule has 8 nitrogen and oxygen atoms in total. The lowest BCUT2D eigenvalue weighted by molar-refractivity contribution is -0.116. The van der Waals surface area contributed by atoms with Crippen molar-refractivity contribution in [3.8, 4) is 5.75 Å². The van der Waals surface area contributed by atoms with Gasteiger partial charge in [0.05, 0.1) is 18.6 Å². The van der Waals surface area contributed by atoms with Crippen molar-refractivity contribution in [3.63, 3.8) is 0 Å². The molecule has 1 atom stereocenters. The second kappa shape index (κ2) is 10.1. The summed E-state index contributed by atoms with van der Waals surface area (Å²) < 4.78 is 31.9. The van der Waals surface area contributed by atoms with E-state index in [1.165, 1.54) is 18.3 Å². The van der Waals surface area contributed by atoms with Gasteiger partial charge in [-0.25, -0.2) is 8.42 Å². The molecule has 0 spiro atoms. The lowest BCUT2D eigenvalue weighted by atomic mass is 10.2. The summed E-state index contributed by atoms with van der Waals surface area (Å²) >= 11 is 2.83. The van der Waals surface area contributed by atoms with E-state index in [1.807, 2.05) is 6.92 Å². The fraction of sp³-hybridized carbons (Fsp3) is 0.471. The highest BCUT2D eigenvalue weighted by molar-refractivity contribution is 8.01. The number of benzene rings is 1. The molecule has 2 aromatic rings. The second-order valence-corrected chi connectivity index (χ2v) is 10.1. The maximum absolute atomic E-state index is 12.7. The molecule has 0 aliphatic carbocycles. The van der Waals surface area contributed by atoms with E-state index in [0.29, 0.717) is 23.2 Å². The smallest absolute Gasteiger partial charge is 0.249 e. The molecule has 1 aromatic heterocycles. The van der Waals surface area contributed by atoms with Crippen LogP contribution in [0.25, 0.3) is 0 Å². The van der Waals surface area contributed by atoms with Crippen molar-refractivity contribution in [3.05, 3.63) is 24.3 Å². The predicted octanol–water partition coefficient (Wildman–Crippen LogP) is 3.23. The van der Waals surface area contributed by atoms with Crippen LogP contribution < -0.4 is 14.4 Å². The number of ether oxygens (including phenoxy) is 1. The average Bonchev–Trinajstić information content (AvgIpc) is 3.08. The predicted molar refractivity (Wildman–Crippen MR) is 114 cm³/mol. The zero-order valence-corrected chi connectivity index (χ0v) is 18.7. The number of amides is 1. The van der Waals surface area contributed by atoms with Crippen molar-refractivity contribution in [2.45, 2.75) is 37.6 Å². The van der Waals surface area contributed by atoms with Gasteiger partial charge in [0, 0.05) is 5.75 Å². The molecular formula is C17H24N4O4S3. The first kappa shape index (κ1) is 22.4. The number of nitrogens with one attached hydrogen (secondary N) is 1. The van der Waals surface area contributed by atoms with Crippen LogP contribution in [0.4, 0.5) is 10.8 Å². The molecule has 0 bridgehead atoms. The Morgan fingerprint density at radius 3 is 2.54 bits per heavy atom. The first-order valence-corrected chi connectivity index (χ1v) is 12.4. The Bertz CT molecular complexity index is 884. The Morgan fingerprint density at radius 2 is 1.96 bits per heavy atom. The van der Waals surface area contributed by atoms with Gasteiger partial charge in [0.1, 0.15) is 11.8 Å². The maximum Gasteiger partial charge on any atom is 0.249 e. The number of rotatable bonds is 10. The molecule has 1 heterocycles. The van der Waals surface area contributed by atoms with Crippen LogP contribution in [0.1, 0.15) is 27.2 Å². The fourth-order valence-corrected chi connectivity index (χ4v) is 5.24. The number of carbonyl (C=O) groups excluding carboxylic acids is 1. The van der Waals surface area contributed by atoms with E-state index in [2.05, 4.69) is 22.4 Å². The standard InChI is InChI=1S/C17H24N4O4S3/c1-5-11-26-17-20-19-16(27-17)18-15(22)12(3)21(28(4,23)24)13-7-9-14(10-8-13)25-6-2/h7-10,12H,5-6,11H2,1-4H3,(H,18,19,22)/t12-/m1/s1. The highest BCUT2D eigenvalue weighted by atomic mass is 32.2. The molecule has 0 aliphatic heterocycles. The van der Waals surface area contributed by atoms with Gasteiger partial charge in [-0.15, -0.1) is 10.2 Å². The Balaban J connectivity index is 2.17. The van der Waals surface area contributed by atoms with Crippen LogP contribution in [0, 0.1) is 0 Å². The summed E-state index contributed by atoms with van der Waals surface area (Å²) in [6, 6.07) is 5.59. The van der Waals surface area contributed by atoms with Gasteiger partial charge in [-0.2, -0.15) is 0 Å². The number of hydrogen-bond acceptors (Lipinski definition) is 8. The van der Waals surface area contributed by atoms with E-state index < -0.39 is 22.0 Å². The van der Waals surface area contributed by atoms with Gasteiger partial charge in [0.25, 0.3) is 0 Å². The highest BCUT2D eigenvalue weighted by Gasteiger charge is 2.29. The molecule has 0 saturated carbocycles. The Kier molecular flexibility index (Phi) is 8.08. The summed E-state index contributed by atoms with van der Waals surface area (Å²) in [6.07, 6.45) is 2.08. The van der Waals surface area contributed by atoms with Gasteiger partial charge in [-0.1, -0.05) is 30.0 Å². The first-order chi connectivity index (χ1) is 13.3. The summed E-state index contributed by atoms with van der Waals surface area (Å²) in [5.41, 5.74) is 0.380. The number of aromatic nitrogens is 2. The van der Waals surface area contributed by atoms with Crippen molar-refractivity contribution in [1.29, 1.82) is 0 Å². The molecule has 2 rings (SSSR count). The zero-order chi connectivity index (χ0) is 20.7. The van der Waals surface area contributed by atoms with Crippen molar-refractivity contribution in [1.82, 2.24) is 10.2 Å². The normalized spacial score (nSPS) is 12.4. The van der Waals surface area contributed by atoms with Crippen molar-refractivity contribution in [2.75, 3.05) is 28.2 Å². The minimum absolute atomic E-state index is 0.343. The lowest BCUT2D eigenvalue weighted by Gasteiger charge is -2.28. The van der Waals surface area contributed by atoms with Crippen molar-refractivity contribution in [2.24, 2.45) is 0 Å². The van der Waals surface area contributed by atoms with Crippen LogP contribution in [0.3, 0.4) is 0 Å². The van der Waals surface area contributed by atoms with Gasteiger partial charge < -0.3 is 4.74 Å². The van der Waals surface area contributed by atoms with E-state index in [4.69, 9.17) is 4.74 Å². The third-order valence-electron chi connectivity index (χ3n) is 3.56. The quantitative estimate of drug-likeness (QED) is 0.443. The monoisotopic (exact) mass is 444 g/mol. The Hall–Kier alpha value is -1.85. The van der Waals surface area contributed by atoms with Gasteiger partial charge >= 0.3 is 0 Å². The minimum atomic E-state index is -3.69. The summed E-state index contributed by atoms with van der Waals surface area (Å²) in [5.74, 6) is 1.06. The van der Waals surface area contributed by atoms with Gasteiger partial charge in [0.2, 0.25) is 21.1 Å². The number of anilines is 2. The van der Waals surface area contributed by atoms with Crippen LogP contribution in [-0.4, -0.2) is 49.2 Å². The molecule has 0 saturated heterocycles. The third kappa shape index (κ3) is 6.08. The van der Waals surface area contributed by atoms with E-state index in [0.717, 1.165) is 27.1 Å². The van der Waals surface area contributed by atoms with Crippen LogP contribution >= 0.6 is 23.1 Å². The first-order valence-electron chi connectivity index (χ1n) is 8.75. The van der Waals surface area contributed by atoms with Gasteiger partial charge in [0.15, 0.2) is 4.34 Å². The fourth-order valence-electron chi connectivity index (χ4n) is 2.38. The molecule has 1 aromatic carbocycles. The molecule has 11 heteroatoms. The van der Waals surface area contributed by atoms with Crippen LogP contribution in [0.2, 0.25) is 0 Å². The molecule has 0 aliphatic rings. The number of carbonyl (C=O) groups is 1. The Labute approximate surface area is 173 Å². The molecule has 154 valence electrons. The summed E-state index contributed by atoms with van der Waals surface area (Å²) in [4.78, 5) is 12.7. The number of thioether (sulfide) groups is 1. The molecule has 1 N–H and O–H groups in total. The topological polar surface area (TPSA) is 101 Å². The zero-order valence-electron chi connectivity index (χ0n) is 16.2. The van der Waals surface area contributed by atoms with E-state index in [1.54, 1.807) is 36.0 Å². The second-order valence-electron chi connectivity index (χ2n) is 5.87. The molecule has 28 heavy (non-hydrogen) atoms. The van der Waals surface area contributed by atoms with Crippen molar-refractivity contribution < 1.29 is 17.9 Å². The van der Waals surface area contributed by atoms with Crippen LogP contribution in [0.5, 0.6) is 5.75 Å². The molecular weight excluding hydrogens is 420 g/mol. The van der Waals surface area contributed by atoms with Gasteiger partial charge in [-0.3, -0.25) is 14.4 Å². The van der Waals surface area contributed by atoms with Crippen LogP contribution in [0.15, 0.2) is 28.6 Å². The van der Waals surface area contributed by atoms with E-state index in [9.17, 15) is 13.2 Å². The van der Waals surface area contributed by atoms with Crippen LogP contribution in [-0.2, 0) is 14.8 Å². The molecule has 1 amide bonds. The summed E-state index contributed by atoms with van der Waals surface area (Å²) in [7, 11) is -3.69. The third-order valence-corrected chi connectivity index (χ3v) is 6.98. The van der Waals surface area contributed by atoms with Gasteiger partial charge in [-0.05, 0) is 44.5 Å². The molecule has 0 radical (unpaired) electrons. The largest absolute Gasteiger partial charge is 0.494 e. The maximum atomic E-state index is 12.7. The van der Waals surface area contributed by atoms with Crippen molar-refractivity contribution >= 4 is 49.8 Å². The number of nitrogens with zero attached hydrogens (tertiary/aromatic N) is 3. The summed E-state index contributed by atoms with van der Waals surface area (Å²) in [5, 5.41) is 11.0. The molecule has 0 fully saturated rings. The molecule has 0 unspecified atom stereocenters. The van der Waals surface area contributed by atoms with E-state index >= 15 is 0 Å². The van der Waals surface area contributed by atoms with E-state index in [-0.39, 0.29) is 0 Å². The number of sulfonamides is 1. The minimum Gasteiger partial charge on any atom is -0.494 e. The summed E-state index contributed by atoms with van der Waals surface area (Å²) in [6.45, 7) is 5.97. The highest BCUT2D eigenvalue weighted by Crippen LogP contribution is 2.27. The lowest BCUT2D eigenvalue weighted by Crippen LogP contribution is -2.45.